The van der Waals surface area contributed by atoms with Crippen LogP contribution in [0.3, 0.4) is 0 Å². The maximum Gasteiger partial charge on any atom is 0.167 e. The van der Waals surface area contributed by atoms with Crippen molar-refractivity contribution in [2.45, 2.75) is 26.1 Å². The highest BCUT2D eigenvalue weighted by Gasteiger charge is 2.27. The maximum atomic E-state index is 11.0. The minimum absolute atomic E-state index is 0.154. The Hall–Kier alpha value is 0.0400. The van der Waals surface area contributed by atoms with E-state index in [0.29, 0.717) is 5.37 Å². The topological polar surface area (TPSA) is 20.3 Å². The van der Waals surface area contributed by atoms with Gasteiger partial charge in [-0.15, -0.1) is 0 Å². The average molecular weight is 236 g/mol. The second-order valence-corrected chi connectivity index (χ2v) is 4.59. The number of carbonyl (C=O) groups excluding carboxylic acids is 1. The lowest BCUT2D eigenvalue weighted by molar-refractivity contribution is -0.113. The van der Waals surface area contributed by atoms with Crippen LogP contribution < -0.4 is 0 Å². The number of thioether (sulfide) groups is 1. The number of hydrogen-bond donors (Lipinski definition) is 0. The van der Waals surface area contributed by atoms with Crippen molar-refractivity contribution < 1.29 is 4.79 Å². The first-order chi connectivity index (χ1) is 5.04. The molecule has 62 valence electrons. The maximum absolute atomic E-state index is 11.0. The fourth-order valence-corrected chi connectivity index (χ4v) is 2.58. The van der Waals surface area contributed by atoms with Gasteiger partial charge in [-0.1, -0.05) is 11.8 Å². The first-order valence-corrected chi connectivity index (χ1v) is 4.96. The Morgan fingerprint density at radius 3 is 2.45 bits per heavy atom. The van der Waals surface area contributed by atoms with E-state index in [1.807, 2.05) is 10.8 Å². The van der Waals surface area contributed by atoms with Crippen LogP contribution in [0.2, 0.25) is 0 Å². The molecule has 0 aromatic rings. The third-order valence-corrected chi connectivity index (χ3v) is 4.36. The van der Waals surface area contributed by atoms with E-state index in [1.54, 1.807) is 18.7 Å². The molecule has 0 amide bonds. The summed E-state index contributed by atoms with van der Waals surface area (Å²) in [4.78, 5) is 11.9. The summed E-state index contributed by atoms with van der Waals surface area (Å²) in [6.07, 6.45) is 0. The molecular formula is C7H10BrNOS. The fourth-order valence-electron chi connectivity index (χ4n) is 1.01. The summed E-state index contributed by atoms with van der Waals surface area (Å²) in [5.41, 5.74) is 1.02. The van der Waals surface area contributed by atoms with Crippen molar-refractivity contribution in [3.8, 4) is 0 Å². The molecule has 1 heterocycles. The predicted octanol–water partition coefficient (Wildman–Crippen LogP) is 2.51. The molecule has 1 atom stereocenters. The van der Waals surface area contributed by atoms with E-state index in [-0.39, 0.29) is 5.78 Å². The first kappa shape index (κ1) is 9.13. The molecule has 0 bridgehead atoms. The zero-order valence-electron chi connectivity index (χ0n) is 6.72. The highest BCUT2D eigenvalue weighted by molar-refractivity contribution is 9.07. The van der Waals surface area contributed by atoms with Crippen LogP contribution in [-0.4, -0.2) is 15.1 Å². The molecule has 0 fully saturated rings. The minimum atomic E-state index is 0.154. The van der Waals surface area contributed by atoms with Crippen molar-refractivity contribution in [2.75, 3.05) is 0 Å². The highest BCUT2D eigenvalue weighted by Crippen LogP contribution is 2.39. The first-order valence-electron chi connectivity index (χ1n) is 3.37. The van der Waals surface area contributed by atoms with Crippen LogP contribution in [0, 0.1) is 0 Å². The summed E-state index contributed by atoms with van der Waals surface area (Å²) in [5, 5.41) is 0.328. The number of rotatable bonds is 1. The van der Waals surface area contributed by atoms with Crippen LogP contribution in [0.1, 0.15) is 20.8 Å². The molecule has 1 aliphatic rings. The summed E-state index contributed by atoms with van der Waals surface area (Å²) < 4.78 is 1.94. The normalized spacial score (nSPS) is 24.7. The average Bonchev–Trinajstić information content (AvgIpc) is 2.17. The van der Waals surface area contributed by atoms with E-state index in [2.05, 4.69) is 23.1 Å². The van der Waals surface area contributed by atoms with Gasteiger partial charge in [0.15, 0.2) is 5.78 Å². The van der Waals surface area contributed by atoms with E-state index in [9.17, 15) is 4.79 Å². The lowest BCUT2D eigenvalue weighted by Gasteiger charge is -2.14. The smallest absolute Gasteiger partial charge is 0.167 e. The van der Waals surface area contributed by atoms with Crippen LogP contribution in [0.4, 0.5) is 0 Å². The van der Waals surface area contributed by atoms with Gasteiger partial charge in [0.1, 0.15) is 0 Å². The predicted molar refractivity (Wildman–Crippen MR) is 51.2 cm³/mol. The molecule has 0 aromatic heterocycles. The molecule has 0 saturated heterocycles. The van der Waals surface area contributed by atoms with Crippen LogP contribution in [0.25, 0.3) is 0 Å². The summed E-state index contributed by atoms with van der Waals surface area (Å²) in [6, 6.07) is 0. The van der Waals surface area contributed by atoms with Crippen molar-refractivity contribution in [2.24, 2.45) is 0 Å². The van der Waals surface area contributed by atoms with Gasteiger partial charge in [-0.05, 0) is 20.8 Å². The molecule has 2 nitrogen and oxygen atoms in total. The fraction of sp³-hybridized carbons (Fsp3) is 0.571. The lowest BCUT2D eigenvalue weighted by Crippen LogP contribution is -2.11. The van der Waals surface area contributed by atoms with Crippen LogP contribution in [0.15, 0.2) is 10.6 Å². The Kier molecular flexibility index (Phi) is 2.65. The lowest BCUT2D eigenvalue weighted by atomic mass is 10.3. The quantitative estimate of drug-likeness (QED) is 0.652. The third kappa shape index (κ3) is 1.62. The van der Waals surface area contributed by atoms with Gasteiger partial charge in [-0.3, -0.25) is 8.72 Å². The molecule has 1 unspecified atom stereocenters. The molecule has 0 spiro atoms. The monoisotopic (exact) mass is 235 g/mol. The number of allylic oxidation sites excluding steroid dienone is 2. The molecular weight excluding hydrogens is 226 g/mol. The van der Waals surface area contributed by atoms with Gasteiger partial charge in [-0.25, -0.2) is 0 Å². The SMILES string of the molecule is CC(=O)C1=C(C)N(Br)C(C)S1. The Balaban J connectivity index is 2.89. The third-order valence-electron chi connectivity index (χ3n) is 1.58. The molecule has 0 N–H and O–H groups in total. The Morgan fingerprint density at radius 1 is 1.73 bits per heavy atom. The number of Topliss-reactive ketones (excluding diaryl/α,β-unsaturated/α-hetero) is 1. The molecule has 0 saturated carbocycles. The Morgan fingerprint density at radius 2 is 2.27 bits per heavy atom. The van der Waals surface area contributed by atoms with Gasteiger partial charge < -0.3 is 0 Å². The zero-order valence-corrected chi connectivity index (χ0v) is 9.12. The molecule has 1 rings (SSSR count). The standard InChI is InChI=1S/C7H10BrNOS/c1-4-7(5(2)10)11-6(3)9(4)8/h6H,1-3H3. The molecule has 0 radical (unpaired) electrons. The highest BCUT2D eigenvalue weighted by atomic mass is 79.9. The second kappa shape index (κ2) is 3.19. The molecule has 0 aromatic carbocycles. The van der Waals surface area contributed by atoms with Crippen molar-refractivity contribution in [3.05, 3.63) is 10.6 Å². The van der Waals surface area contributed by atoms with E-state index < -0.39 is 0 Å². The number of ketones is 1. The van der Waals surface area contributed by atoms with Crippen molar-refractivity contribution in [3.63, 3.8) is 0 Å². The van der Waals surface area contributed by atoms with Crippen molar-refractivity contribution >= 4 is 33.7 Å². The van der Waals surface area contributed by atoms with Gasteiger partial charge in [0.25, 0.3) is 0 Å². The van der Waals surface area contributed by atoms with E-state index in [1.165, 1.54) is 0 Å². The van der Waals surface area contributed by atoms with E-state index in [4.69, 9.17) is 0 Å². The summed E-state index contributed by atoms with van der Waals surface area (Å²) in [5.74, 6) is 0.154. The van der Waals surface area contributed by atoms with Crippen molar-refractivity contribution in [1.29, 1.82) is 0 Å². The number of carbonyl (C=O) groups is 1. The van der Waals surface area contributed by atoms with Gasteiger partial charge in [0.2, 0.25) is 0 Å². The van der Waals surface area contributed by atoms with Gasteiger partial charge >= 0.3 is 0 Å². The zero-order chi connectivity index (χ0) is 8.59. The van der Waals surface area contributed by atoms with E-state index in [0.717, 1.165) is 10.6 Å². The largest absolute Gasteiger partial charge is 0.299 e. The summed E-state index contributed by atoms with van der Waals surface area (Å²) >= 11 is 4.98. The summed E-state index contributed by atoms with van der Waals surface area (Å²) in [6.45, 7) is 5.60. The summed E-state index contributed by atoms with van der Waals surface area (Å²) in [7, 11) is 0. The van der Waals surface area contributed by atoms with E-state index >= 15 is 0 Å². The molecule has 1 aliphatic heterocycles. The number of halogens is 1. The number of hydrogen-bond acceptors (Lipinski definition) is 3. The molecule has 11 heavy (non-hydrogen) atoms. The van der Waals surface area contributed by atoms with Crippen LogP contribution >= 0.6 is 27.9 Å². The second-order valence-electron chi connectivity index (χ2n) is 2.50. The van der Waals surface area contributed by atoms with Crippen LogP contribution in [-0.2, 0) is 4.79 Å². The molecule has 4 heteroatoms. The Bertz CT molecular complexity index is 226. The van der Waals surface area contributed by atoms with Gasteiger partial charge in [0, 0.05) is 5.70 Å². The molecule has 0 aliphatic carbocycles. The number of nitrogens with zero attached hydrogens (tertiary/aromatic N) is 1. The van der Waals surface area contributed by atoms with Crippen LogP contribution in [0.5, 0.6) is 0 Å². The minimum Gasteiger partial charge on any atom is -0.299 e. The van der Waals surface area contributed by atoms with Crippen molar-refractivity contribution in [1.82, 2.24) is 3.93 Å². The van der Waals surface area contributed by atoms with Gasteiger partial charge in [0.05, 0.1) is 26.4 Å². The van der Waals surface area contributed by atoms with Gasteiger partial charge in [-0.2, -0.15) is 0 Å². The Labute approximate surface area is 79.4 Å².